The topological polar surface area (TPSA) is 175 Å². The van der Waals surface area contributed by atoms with Crippen molar-refractivity contribution < 1.29 is 49.3 Å². The van der Waals surface area contributed by atoms with Crippen LogP contribution in [-0.2, 0) is 19.0 Å². The Bertz CT molecular complexity index is 769. The van der Waals surface area contributed by atoms with Crippen molar-refractivity contribution in [1.82, 2.24) is 5.32 Å². The lowest BCUT2D eigenvalue weighted by molar-refractivity contribution is -0.269. The van der Waals surface area contributed by atoms with Crippen molar-refractivity contribution in [2.45, 2.75) is 75.6 Å². The van der Waals surface area contributed by atoms with Crippen LogP contribution in [0.1, 0.15) is 55.3 Å². The van der Waals surface area contributed by atoms with E-state index in [0.29, 0.717) is 12.8 Å². The number of nitrogens with one attached hydrogen (secondary N) is 1. The number of aliphatic hydroxyl groups is 3. The zero-order valence-corrected chi connectivity index (χ0v) is 19.3. The first kappa shape index (κ1) is 27.8. The van der Waals surface area contributed by atoms with Crippen molar-refractivity contribution in [2.75, 3.05) is 20.3 Å². The molecule has 34 heavy (non-hydrogen) atoms. The standard InChI is InChI=1S/C23H35NO10/c1-32-18(28)8-6-4-2-3-5-7-9-33-23-19(21(30)20(29)17(13-25)34-23)24-22(31)14-10-15(26)12-16(27)11-14/h10-12,17,19-21,23,25-27,29-30H,2-9,13H2,1H3,(H,24,31)/t17?,19?,20-,21?,23-/m1/s1. The number of hydrogen-bond acceptors (Lipinski definition) is 10. The fraction of sp³-hybridized carbons (Fsp3) is 0.652. The molecule has 3 unspecified atom stereocenters. The summed E-state index contributed by atoms with van der Waals surface area (Å²) in [6.07, 6.45) is 0.384. The number of aliphatic hydroxyl groups excluding tert-OH is 3. The second-order valence-corrected chi connectivity index (χ2v) is 8.26. The number of aromatic hydroxyl groups is 2. The molecule has 1 aliphatic rings. The van der Waals surface area contributed by atoms with E-state index in [2.05, 4.69) is 10.1 Å². The summed E-state index contributed by atoms with van der Waals surface area (Å²) < 4.78 is 15.9. The molecule has 11 heteroatoms. The van der Waals surface area contributed by atoms with Crippen molar-refractivity contribution in [2.24, 2.45) is 0 Å². The molecule has 1 heterocycles. The minimum atomic E-state index is -1.49. The number of benzene rings is 1. The average Bonchev–Trinajstić information content (AvgIpc) is 2.81. The fourth-order valence-electron chi connectivity index (χ4n) is 3.72. The summed E-state index contributed by atoms with van der Waals surface area (Å²) in [6.45, 7) is -0.294. The van der Waals surface area contributed by atoms with Crippen molar-refractivity contribution in [3.05, 3.63) is 23.8 Å². The van der Waals surface area contributed by atoms with Gasteiger partial charge in [-0.05, 0) is 25.0 Å². The molecular weight excluding hydrogens is 450 g/mol. The molecule has 1 amide bonds. The third-order valence-electron chi connectivity index (χ3n) is 5.63. The minimum absolute atomic E-state index is 0.0607. The Hall–Kier alpha value is -2.44. The Morgan fingerprint density at radius 3 is 2.21 bits per heavy atom. The molecular formula is C23H35NO10. The number of phenolic OH excluding ortho intramolecular Hbond substituents is 2. The first-order valence-corrected chi connectivity index (χ1v) is 11.4. The number of unbranched alkanes of at least 4 members (excludes halogenated alkanes) is 5. The molecule has 6 N–H and O–H groups in total. The summed E-state index contributed by atoms with van der Waals surface area (Å²) in [6, 6.07) is 2.18. The number of rotatable bonds is 13. The summed E-state index contributed by atoms with van der Waals surface area (Å²) in [5.41, 5.74) is -0.0607. The zero-order chi connectivity index (χ0) is 25.1. The van der Waals surface area contributed by atoms with E-state index >= 15 is 0 Å². The lowest BCUT2D eigenvalue weighted by atomic mass is 9.96. The predicted octanol–water partition coefficient (Wildman–Crippen LogP) is 0.555. The van der Waals surface area contributed by atoms with Gasteiger partial charge in [-0.25, -0.2) is 0 Å². The summed E-state index contributed by atoms with van der Waals surface area (Å²) >= 11 is 0. The minimum Gasteiger partial charge on any atom is -0.508 e. The molecule has 0 aliphatic carbocycles. The average molecular weight is 486 g/mol. The highest BCUT2D eigenvalue weighted by Crippen LogP contribution is 2.24. The normalized spacial score (nSPS) is 24.5. The van der Waals surface area contributed by atoms with Crippen molar-refractivity contribution in [3.8, 4) is 11.5 Å². The molecule has 1 aromatic carbocycles. The van der Waals surface area contributed by atoms with Crippen molar-refractivity contribution in [3.63, 3.8) is 0 Å². The van der Waals surface area contributed by atoms with E-state index in [4.69, 9.17) is 9.47 Å². The number of carbonyl (C=O) groups excluding carboxylic acids is 2. The SMILES string of the molecule is COC(=O)CCCCCCCCO[C@@H]1OC(CO)[C@@H](O)C(O)C1NC(=O)c1cc(O)cc(O)c1. The summed E-state index contributed by atoms with van der Waals surface area (Å²) in [7, 11) is 1.37. The van der Waals surface area contributed by atoms with Crippen LogP contribution in [-0.4, -0.2) is 88.4 Å². The first-order chi connectivity index (χ1) is 16.3. The molecule has 1 aliphatic heterocycles. The van der Waals surface area contributed by atoms with Crippen LogP contribution in [0.4, 0.5) is 0 Å². The monoisotopic (exact) mass is 485 g/mol. The number of hydrogen-bond donors (Lipinski definition) is 6. The number of ether oxygens (including phenoxy) is 3. The van der Waals surface area contributed by atoms with Gasteiger partial charge < -0.3 is 45.1 Å². The third kappa shape index (κ3) is 8.41. The maximum absolute atomic E-state index is 12.6. The van der Waals surface area contributed by atoms with Crippen molar-refractivity contribution in [1.29, 1.82) is 0 Å². The Kier molecular flexibility index (Phi) is 11.5. The van der Waals surface area contributed by atoms with Gasteiger partial charge in [-0.1, -0.05) is 25.7 Å². The van der Waals surface area contributed by atoms with Crippen LogP contribution in [0.2, 0.25) is 0 Å². The Balaban J connectivity index is 1.86. The van der Waals surface area contributed by atoms with Crippen LogP contribution in [0, 0.1) is 0 Å². The van der Waals surface area contributed by atoms with E-state index in [-0.39, 0.29) is 29.6 Å². The lowest BCUT2D eigenvalue weighted by Crippen LogP contribution is -2.64. The molecule has 2 rings (SSSR count). The van der Waals surface area contributed by atoms with Crippen LogP contribution < -0.4 is 5.32 Å². The number of methoxy groups -OCH3 is 1. The third-order valence-corrected chi connectivity index (χ3v) is 5.63. The van der Waals surface area contributed by atoms with Gasteiger partial charge in [0, 0.05) is 24.7 Å². The van der Waals surface area contributed by atoms with Crippen LogP contribution in [0.3, 0.4) is 0 Å². The van der Waals surface area contributed by atoms with Crippen LogP contribution in [0.5, 0.6) is 11.5 Å². The predicted molar refractivity (Wildman–Crippen MR) is 119 cm³/mol. The number of esters is 1. The summed E-state index contributed by atoms with van der Waals surface area (Å²) in [4.78, 5) is 23.7. The molecule has 0 radical (unpaired) electrons. The zero-order valence-electron chi connectivity index (χ0n) is 19.3. The van der Waals surface area contributed by atoms with Gasteiger partial charge in [0.15, 0.2) is 6.29 Å². The Labute approximate surface area is 198 Å². The molecule has 0 saturated carbocycles. The van der Waals surface area contributed by atoms with Gasteiger partial charge in [-0.3, -0.25) is 9.59 Å². The molecule has 0 aromatic heterocycles. The van der Waals surface area contributed by atoms with E-state index in [1.165, 1.54) is 7.11 Å². The lowest BCUT2D eigenvalue weighted by Gasteiger charge is -2.42. The van der Waals surface area contributed by atoms with Crippen LogP contribution >= 0.6 is 0 Å². The van der Waals surface area contributed by atoms with E-state index < -0.39 is 43.2 Å². The highest BCUT2D eigenvalue weighted by Gasteiger charge is 2.45. The molecule has 1 fully saturated rings. The number of carbonyl (C=O) groups is 2. The molecule has 1 saturated heterocycles. The highest BCUT2D eigenvalue weighted by atomic mass is 16.7. The van der Waals surface area contributed by atoms with Gasteiger partial charge in [-0.2, -0.15) is 0 Å². The van der Waals surface area contributed by atoms with E-state index in [9.17, 15) is 35.1 Å². The van der Waals surface area contributed by atoms with Gasteiger partial charge >= 0.3 is 5.97 Å². The molecule has 5 atom stereocenters. The van der Waals surface area contributed by atoms with Gasteiger partial charge in [-0.15, -0.1) is 0 Å². The highest BCUT2D eigenvalue weighted by molar-refractivity contribution is 5.95. The largest absolute Gasteiger partial charge is 0.508 e. The van der Waals surface area contributed by atoms with Gasteiger partial charge in [0.1, 0.15) is 35.9 Å². The van der Waals surface area contributed by atoms with E-state index in [1.807, 2.05) is 0 Å². The number of phenols is 2. The second kappa shape index (κ2) is 14.1. The maximum atomic E-state index is 12.6. The molecule has 0 spiro atoms. The Morgan fingerprint density at radius 1 is 0.971 bits per heavy atom. The fourth-order valence-corrected chi connectivity index (χ4v) is 3.72. The molecule has 1 aromatic rings. The van der Waals surface area contributed by atoms with Gasteiger partial charge in [0.05, 0.1) is 13.7 Å². The van der Waals surface area contributed by atoms with E-state index in [1.54, 1.807) is 0 Å². The number of amides is 1. The van der Waals surface area contributed by atoms with E-state index in [0.717, 1.165) is 50.3 Å². The molecule has 0 bridgehead atoms. The maximum Gasteiger partial charge on any atom is 0.305 e. The van der Waals surface area contributed by atoms with Gasteiger partial charge in [0.2, 0.25) is 0 Å². The molecule has 192 valence electrons. The Morgan fingerprint density at radius 2 is 1.59 bits per heavy atom. The molecule has 11 nitrogen and oxygen atoms in total. The smallest absolute Gasteiger partial charge is 0.305 e. The summed E-state index contributed by atoms with van der Waals surface area (Å²) in [5, 5.41) is 51.9. The quantitative estimate of drug-likeness (QED) is 0.171. The van der Waals surface area contributed by atoms with Crippen LogP contribution in [0.25, 0.3) is 0 Å². The van der Waals surface area contributed by atoms with Gasteiger partial charge in [0.25, 0.3) is 5.91 Å². The second-order valence-electron chi connectivity index (χ2n) is 8.26. The van der Waals surface area contributed by atoms with Crippen molar-refractivity contribution >= 4 is 11.9 Å². The first-order valence-electron chi connectivity index (χ1n) is 11.4. The van der Waals surface area contributed by atoms with Crippen LogP contribution in [0.15, 0.2) is 18.2 Å². The summed E-state index contributed by atoms with van der Waals surface area (Å²) in [5.74, 6) is -1.57.